The third-order valence-corrected chi connectivity index (χ3v) is 10.4. The number of thioether (sulfide) groups is 1. The predicted octanol–water partition coefficient (Wildman–Crippen LogP) is 3.53. The van der Waals surface area contributed by atoms with Crippen LogP contribution in [0.3, 0.4) is 0 Å². The van der Waals surface area contributed by atoms with Crippen LogP contribution in [0.2, 0.25) is 0 Å². The van der Waals surface area contributed by atoms with Crippen LogP contribution in [0.25, 0.3) is 0 Å². The molecule has 3 saturated heterocycles. The largest absolute Gasteiger partial charge is 0.376 e. The van der Waals surface area contributed by atoms with E-state index in [2.05, 4.69) is 4.90 Å². The standard InChI is InChI=1S/C24H36N2O4S2/c1-17-13-18(2)23(19(3)14-17)32(28,29)25-9-6-20(7-10-25)24(27)26(21-8-12-31-16-21)15-22-5-4-11-30-22/h13-14,20-22H,4-12,15-16H2,1-3H3. The number of ether oxygens (including phenoxy) is 1. The van der Waals surface area contributed by atoms with Crippen molar-refractivity contribution >= 4 is 27.7 Å². The summed E-state index contributed by atoms with van der Waals surface area (Å²) in [6.45, 7) is 8.00. The van der Waals surface area contributed by atoms with Gasteiger partial charge in [-0.1, -0.05) is 17.7 Å². The SMILES string of the molecule is Cc1cc(C)c(S(=O)(=O)N2CCC(C(=O)N(CC3CCCO3)C3CCSC3)CC2)c(C)c1. The van der Waals surface area contributed by atoms with Crippen LogP contribution in [0.5, 0.6) is 0 Å². The molecule has 178 valence electrons. The lowest BCUT2D eigenvalue weighted by atomic mass is 9.95. The van der Waals surface area contributed by atoms with E-state index in [1.165, 1.54) is 0 Å². The first-order valence-electron chi connectivity index (χ1n) is 11.8. The number of carbonyl (C=O) groups is 1. The van der Waals surface area contributed by atoms with Crippen LogP contribution in [0.15, 0.2) is 17.0 Å². The van der Waals surface area contributed by atoms with Crippen molar-refractivity contribution in [1.82, 2.24) is 9.21 Å². The zero-order valence-corrected chi connectivity index (χ0v) is 21.1. The Hall–Kier alpha value is -1.09. The average molecular weight is 481 g/mol. The van der Waals surface area contributed by atoms with Crippen LogP contribution in [0.4, 0.5) is 0 Å². The maximum Gasteiger partial charge on any atom is 0.243 e. The van der Waals surface area contributed by atoms with Gasteiger partial charge in [0, 0.05) is 44.0 Å². The van der Waals surface area contributed by atoms with Crippen molar-refractivity contribution in [2.75, 3.05) is 37.7 Å². The molecule has 6 nitrogen and oxygen atoms in total. The summed E-state index contributed by atoms with van der Waals surface area (Å²) in [6, 6.07) is 4.15. The molecule has 8 heteroatoms. The highest BCUT2D eigenvalue weighted by Gasteiger charge is 2.38. The van der Waals surface area contributed by atoms with Crippen LogP contribution in [0.1, 0.15) is 48.8 Å². The Morgan fingerprint density at radius 2 is 1.81 bits per heavy atom. The lowest BCUT2D eigenvalue weighted by Gasteiger charge is -2.37. The monoisotopic (exact) mass is 480 g/mol. The molecule has 32 heavy (non-hydrogen) atoms. The third-order valence-electron chi connectivity index (χ3n) is 7.06. The quantitative estimate of drug-likeness (QED) is 0.623. The molecule has 3 heterocycles. The predicted molar refractivity (Wildman–Crippen MR) is 129 cm³/mol. The molecular formula is C24H36N2O4S2. The van der Waals surface area contributed by atoms with Crippen molar-refractivity contribution < 1.29 is 17.9 Å². The van der Waals surface area contributed by atoms with Crippen molar-refractivity contribution in [2.45, 2.75) is 69.9 Å². The molecule has 3 fully saturated rings. The molecular weight excluding hydrogens is 444 g/mol. The number of amides is 1. The zero-order chi connectivity index (χ0) is 22.9. The molecule has 1 amide bonds. The van der Waals surface area contributed by atoms with Crippen LogP contribution < -0.4 is 0 Å². The van der Waals surface area contributed by atoms with E-state index in [9.17, 15) is 13.2 Å². The van der Waals surface area contributed by atoms with E-state index >= 15 is 0 Å². The number of hydrogen-bond donors (Lipinski definition) is 0. The van der Waals surface area contributed by atoms with Gasteiger partial charge in [-0.2, -0.15) is 16.1 Å². The maximum absolute atomic E-state index is 13.5. The van der Waals surface area contributed by atoms with Crippen LogP contribution in [-0.2, 0) is 19.6 Å². The smallest absolute Gasteiger partial charge is 0.243 e. The minimum absolute atomic E-state index is 0.103. The molecule has 3 aliphatic rings. The molecule has 0 radical (unpaired) electrons. The van der Waals surface area contributed by atoms with Gasteiger partial charge in [-0.15, -0.1) is 0 Å². The molecule has 0 bridgehead atoms. The number of piperidine rings is 1. The van der Waals surface area contributed by atoms with E-state index in [1.54, 1.807) is 4.31 Å². The van der Waals surface area contributed by atoms with E-state index in [0.717, 1.165) is 54.1 Å². The number of sulfonamides is 1. The molecule has 0 aromatic heterocycles. The Morgan fingerprint density at radius 1 is 1.12 bits per heavy atom. The molecule has 0 saturated carbocycles. The van der Waals surface area contributed by atoms with Crippen molar-refractivity contribution in [2.24, 2.45) is 5.92 Å². The minimum Gasteiger partial charge on any atom is -0.376 e. The summed E-state index contributed by atoms with van der Waals surface area (Å²) in [6.07, 6.45) is 4.46. The lowest BCUT2D eigenvalue weighted by molar-refractivity contribution is -0.140. The van der Waals surface area contributed by atoms with Gasteiger partial charge in [0.15, 0.2) is 0 Å². The second kappa shape index (κ2) is 10.0. The first-order chi connectivity index (χ1) is 15.3. The van der Waals surface area contributed by atoms with Gasteiger partial charge in [-0.25, -0.2) is 8.42 Å². The number of benzene rings is 1. The van der Waals surface area contributed by atoms with Gasteiger partial charge in [-0.3, -0.25) is 4.79 Å². The van der Waals surface area contributed by atoms with Gasteiger partial charge in [0.05, 0.1) is 11.0 Å². The molecule has 0 spiro atoms. The second-order valence-corrected chi connectivity index (χ2v) is 12.6. The summed E-state index contributed by atoms with van der Waals surface area (Å²) in [5.41, 5.74) is 2.66. The minimum atomic E-state index is -3.56. The molecule has 3 aliphatic heterocycles. The number of aryl methyl sites for hydroxylation is 3. The molecule has 4 rings (SSSR count). The number of hydrogen-bond acceptors (Lipinski definition) is 5. The Kier molecular flexibility index (Phi) is 7.54. The van der Waals surface area contributed by atoms with Gasteiger partial charge in [0.2, 0.25) is 15.9 Å². The third kappa shape index (κ3) is 5.03. The van der Waals surface area contributed by atoms with E-state index in [4.69, 9.17) is 4.74 Å². The summed E-state index contributed by atoms with van der Waals surface area (Å²) in [4.78, 5) is 16.0. The van der Waals surface area contributed by atoms with Gasteiger partial charge in [-0.05, 0) is 69.8 Å². The molecule has 1 aromatic carbocycles. The van der Waals surface area contributed by atoms with Gasteiger partial charge in [0.1, 0.15) is 0 Å². The fourth-order valence-corrected chi connectivity index (χ4v) is 8.58. The molecule has 0 N–H and O–H groups in total. The van der Waals surface area contributed by atoms with Gasteiger partial charge >= 0.3 is 0 Å². The molecule has 0 aliphatic carbocycles. The first-order valence-corrected chi connectivity index (χ1v) is 14.4. The van der Waals surface area contributed by atoms with Crippen molar-refractivity contribution in [1.29, 1.82) is 0 Å². The normalized spacial score (nSPS) is 25.3. The van der Waals surface area contributed by atoms with Crippen molar-refractivity contribution in [3.8, 4) is 0 Å². The number of rotatable bonds is 6. The number of nitrogens with zero attached hydrogens (tertiary/aromatic N) is 2. The van der Waals surface area contributed by atoms with Gasteiger partial charge < -0.3 is 9.64 Å². The summed E-state index contributed by atoms with van der Waals surface area (Å²) < 4.78 is 34.2. The summed E-state index contributed by atoms with van der Waals surface area (Å²) in [7, 11) is -3.56. The maximum atomic E-state index is 13.5. The number of carbonyl (C=O) groups excluding carboxylic acids is 1. The molecule has 1 aromatic rings. The Labute approximate surface area is 197 Å². The highest BCUT2D eigenvalue weighted by Crippen LogP contribution is 2.31. The Balaban J connectivity index is 1.44. The summed E-state index contributed by atoms with van der Waals surface area (Å²) in [5.74, 6) is 2.20. The van der Waals surface area contributed by atoms with E-state index < -0.39 is 10.0 Å². The zero-order valence-electron chi connectivity index (χ0n) is 19.5. The fraction of sp³-hybridized carbons (Fsp3) is 0.708. The molecule has 2 unspecified atom stereocenters. The summed E-state index contributed by atoms with van der Waals surface area (Å²) >= 11 is 1.92. The van der Waals surface area contributed by atoms with Gasteiger partial charge in [0.25, 0.3) is 0 Å². The molecule has 2 atom stereocenters. The van der Waals surface area contributed by atoms with Crippen LogP contribution in [-0.4, -0.2) is 73.4 Å². The highest BCUT2D eigenvalue weighted by molar-refractivity contribution is 7.99. The van der Waals surface area contributed by atoms with E-state index in [-0.39, 0.29) is 24.0 Å². The van der Waals surface area contributed by atoms with E-state index in [0.29, 0.717) is 37.4 Å². The Bertz CT molecular complexity index is 906. The first kappa shape index (κ1) is 24.0. The summed E-state index contributed by atoms with van der Waals surface area (Å²) in [5, 5.41) is 0. The second-order valence-electron chi connectivity index (χ2n) is 9.55. The van der Waals surface area contributed by atoms with Crippen molar-refractivity contribution in [3.05, 3.63) is 28.8 Å². The van der Waals surface area contributed by atoms with Crippen LogP contribution in [0, 0.1) is 26.7 Å². The topological polar surface area (TPSA) is 66.9 Å². The lowest BCUT2D eigenvalue weighted by Crippen LogP contribution is -2.50. The van der Waals surface area contributed by atoms with Crippen LogP contribution >= 0.6 is 11.8 Å². The van der Waals surface area contributed by atoms with Crippen molar-refractivity contribution in [3.63, 3.8) is 0 Å². The fourth-order valence-electron chi connectivity index (χ4n) is 5.47. The Morgan fingerprint density at radius 3 is 2.38 bits per heavy atom. The average Bonchev–Trinajstić information content (AvgIpc) is 3.45. The highest BCUT2D eigenvalue weighted by atomic mass is 32.2. The van der Waals surface area contributed by atoms with E-state index in [1.807, 2.05) is 44.7 Å².